The normalized spacial score (nSPS) is 22.2. The number of carbonyl (C=O) groups is 2. The Morgan fingerprint density at radius 3 is 2.17 bits per heavy atom. The second-order valence-electron chi connectivity index (χ2n) is 19.4. The van der Waals surface area contributed by atoms with Gasteiger partial charge in [0.25, 0.3) is 8.32 Å². The zero-order chi connectivity index (χ0) is 46.0. The van der Waals surface area contributed by atoms with Gasteiger partial charge in [0.2, 0.25) is 11.8 Å². The van der Waals surface area contributed by atoms with Crippen LogP contribution in [0.25, 0.3) is 11.6 Å². The van der Waals surface area contributed by atoms with Crippen LogP contribution in [0.1, 0.15) is 69.7 Å². The molecule has 0 unspecified atom stereocenters. The van der Waals surface area contributed by atoms with E-state index in [0.29, 0.717) is 24.8 Å². The number of halogens is 1. The lowest BCUT2D eigenvalue weighted by atomic mass is 9.58. The molecule has 0 bridgehead atoms. The van der Waals surface area contributed by atoms with E-state index < -0.39 is 39.3 Å². The molecule has 1 aliphatic carbocycles. The summed E-state index contributed by atoms with van der Waals surface area (Å²) in [5.41, 5.74) is 5.52. The number of phenols is 1. The SMILES string of the molecule is CC(C)(C)[Si](OCC1=C2[C@@H](CC/C(=C/c3cc(Br)ccc3O)c3ccccn3)OB(O)C[C@@H]2[C@@H]2C(=O)N(C3CCN(Cc4ccccc4)CC3)C(=O)[C@@H]2C1)(c1ccccc1)c1ccccc1. The molecule has 0 spiro atoms. The Bertz CT molecular complexity index is 2530. The molecule has 66 heavy (non-hydrogen) atoms. The van der Waals surface area contributed by atoms with E-state index in [1.54, 1.807) is 23.2 Å². The Morgan fingerprint density at radius 1 is 0.879 bits per heavy atom. The molecule has 4 aromatic carbocycles. The third-order valence-electron chi connectivity index (χ3n) is 14.4. The number of nitrogens with zero attached hydrogens (tertiary/aromatic N) is 3. The number of likely N-dealkylation sites (tertiary alicyclic amines) is 2. The minimum absolute atomic E-state index is 0.0970. The first-order valence-corrected chi connectivity index (χ1v) is 26.2. The molecule has 4 aliphatic rings. The predicted molar refractivity (Wildman–Crippen MR) is 267 cm³/mol. The number of hydrogen-bond acceptors (Lipinski definition) is 8. The maximum absolute atomic E-state index is 15.0. The average Bonchev–Trinajstić information content (AvgIpc) is 3.58. The maximum atomic E-state index is 15.0. The summed E-state index contributed by atoms with van der Waals surface area (Å²) >= 11 is 3.57. The largest absolute Gasteiger partial charge is 0.507 e. The van der Waals surface area contributed by atoms with Crippen LogP contribution in [0.5, 0.6) is 5.75 Å². The van der Waals surface area contributed by atoms with E-state index >= 15 is 4.79 Å². The number of amides is 2. The molecule has 340 valence electrons. The van der Waals surface area contributed by atoms with Crippen LogP contribution in [0.4, 0.5) is 0 Å². The van der Waals surface area contributed by atoms with Crippen molar-refractivity contribution in [2.45, 2.75) is 82.9 Å². The highest BCUT2D eigenvalue weighted by atomic mass is 79.9. The van der Waals surface area contributed by atoms with E-state index in [0.717, 1.165) is 69.7 Å². The third kappa shape index (κ3) is 9.33. The standard InChI is InChI=1S/C54H59BBrN3O6Si/c1-54(2,3)66(43-17-9-5-10-18-43,44-19-11-6-12-20-44)64-36-40-33-45-51(53(62)59(52(45)61)42-26-29-58(30-27-42)35-37-15-7-4-8-16-37)46-34-55(63)65-49(50(40)46)25-22-38(47-21-13-14-28-57-47)31-39-32-41(56)23-24-48(39)60/h4-21,23-24,28,31-32,42,45-46,49,51,60,63H,22,25-27,29-30,33-36H2,1-3H3/b38-31-/t45-,46+,49-,51-/m1/s1. The average molecular weight is 965 g/mol. The Labute approximate surface area is 399 Å². The van der Waals surface area contributed by atoms with Gasteiger partial charge in [0.05, 0.1) is 30.2 Å². The molecule has 3 saturated heterocycles. The van der Waals surface area contributed by atoms with E-state index in [-0.39, 0.29) is 41.6 Å². The monoisotopic (exact) mass is 963 g/mol. The van der Waals surface area contributed by atoms with Gasteiger partial charge in [-0.3, -0.25) is 24.4 Å². The van der Waals surface area contributed by atoms with Crippen LogP contribution in [-0.4, -0.2) is 84.0 Å². The van der Waals surface area contributed by atoms with E-state index in [4.69, 9.17) is 14.1 Å². The summed E-state index contributed by atoms with van der Waals surface area (Å²) in [6, 6.07) is 42.5. The zero-order valence-corrected chi connectivity index (χ0v) is 40.6. The Morgan fingerprint density at radius 2 is 1.53 bits per heavy atom. The van der Waals surface area contributed by atoms with Gasteiger partial charge >= 0.3 is 7.12 Å². The molecule has 0 saturated carbocycles. The molecule has 9 nitrogen and oxygen atoms in total. The summed E-state index contributed by atoms with van der Waals surface area (Å²) in [5, 5.41) is 24.6. The first kappa shape index (κ1) is 46.2. The number of rotatable bonds is 13. The van der Waals surface area contributed by atoms with Crippen molar-refractivity contribution in [3.63, 3.8) is 0 Å². The number of aromatic nitrogens is 1. The number of carbonyl (C=O) groups excluding carboxylic acids is 2. The molecular weight excluding hydrogens is 905 g/mol. The highest BCUT2D eigenvalue weighted by Crippen LogP contribution is 2.52. The van der Waals surface area contributed by atoms with Gasteiger partial charge < -0.3 is 19.2 Å². The van der Waals surface area contributed by atoms with Crippen molar-refractivity contribution < 1.29 is 28.8 Å². The highest BCUT2D eigenvalue weighted by molar-refractivity contribution is 9.10. The number of imide groups is 1. The van der Waals surface area contributed by atoms with Crippen LogP contribution >= 0.6 is 15.9 Å². The molecular formula is C54H59BBrN3O6Si. The molecule has 3 aliphatic heterocycles. The third-order valence-corrected chi connectivity index (χ3v) is 19.9. The smallest absolute Gasteiger partial charge is 0.455 e. The number of aromatic hydroxyl groups is 1. The zero-order valence-electron chi connectivity index (χ0n) is 38.1. The second-order valence-corrected chi connectivity index (χ2v) is 24.7. The lowest BCUT2D eigenvalue weighted by Crippen LogP contribution is -2.66. The summed E-state index contributed by atoms with van der Waals surface area (Å²) in [6.07, 6.45) is 6.15. The number of piperidine rings is 1. The van der Waals surface area contributed by atoms with Crippen LogP contribution < -0.4 is 10.4 Å². The number of phenolic OH excluding ortho intramolecular Hbond substituents is 1. The van der Waals surface area contributed by atoms with Crippen molar-refractivity contribution in [2.24, 2.45) is 17.8 Å². The van der Waals surface area contributed by atoms with Crippen molar-refractivity contribution in [3.8, 4) is 5.75 Å². The van der Waals surface area contributed by atoms with Gasteiger partial charge in [0.15, 0.2) is 0 Å². The molecule has 1 aromatic heterocycles. The van der Waals surface area contributed by atoms with Gasteiger partial charge in [-0.05, 0) is 118 Å². The van der Waals surface area contributed by atoms with E-state index in [1.807, 2.05) is 48.5 Å². The Hall–Kier alpha value is -4.95. The van der Waals surface area contributed by atoms with Crippen molar-refractivity contribution in [3.05, 3.63) is 166 Å². The van der Waals surface area contributed by atoms with Crippen molar-refractivity contribution in [2.75, 3.05) is 19.7 Å². The fraction of sp³-hybridized carbons (Fsp3) is 0.352. The van der Waals surface area contributed by atoms with Crippen molar-refractivity contribution >= 4 is 65.2 Å². The lowest BCUT2D eigenvalue weighted by molar-refractivity contribution is -0.144. The lowest BCUT2D eigenvalue weighted by Gasteiger charge is -2.46. The number of pyridine rings is 1. The summed E-state index contributed by atoms with van der Waals surface area (Å²) in [7, 11) is -4.16. The van der Waals surface area contributed by atoms with Crippen LogP contribution in [0.3, 0.4) is 0 Å². The molecule has 9 rings (SSSR count). The maximum Gasteiger partial charge on any atom is 0.455 e. The molecule has 4 heterocycles. The summed E-state index contributed by atoms with van der Waals surface area (Å²) < 4.78 is 15.1. The van der Waals surface area contributed by atoms with Crippen LogP contribution in [0.15, 0.2) is 149 Å². The predicted octanol–water partition coefficient (Wildman–Crippen LogP) is 8.91. The number of hydrogen-bond donors (Lipinski definition) is 2. The fourth-order valence-electron chi connectivity index (χ4n) is 11.4. The Balaban J connectivity index is 1.08. The second kappa shape index (κ2) is 19.7. The van der Waals surface area contributed by atoms with Crippen LogP contribution in [0.2, 0.25) is 11.4 Å². The molecule has 4 atom stereocenters. The first-order chi connectivity index (χ1) is 31.9. The minimum Gasteiger partial charge on any atom is -0.507 e. The van der Waals surface area contributed by atoms with Crippen molar-refractivity contribution in [1.29, 1.82) is 0 Å². The van der Waals surface area contributed by atoms with Gasteiger partial charge in [-0.2, -0.15) is 0 Å². The first-order valence-electron chi connectivity index (χ1n) is 23.5. The van der Waals surface area contributed by atoms with E-state index in [9.17, 15) is 14.9 Å². The van der Waals surface area contributed by atoms with Gasteiger partial charge in [0, 0.05) is 41.9 Å². The number of allylic oxidation sites excluding steroid dienone is 1. The molecule has 5 aromatic rings. The van der Waals surface area contributed by atoms with Crippen LogP contribution in [-0.2, 0) is 25.2 Å². The molecule has 3 fully saturated rings. The summed E-state index contributed by atoms with van der Waals surface area (Å²) in [5.74, 6) is -1.63. The van der Waals surface area contributed by atoms with Gasteiger partial charge in [-0.25, -0.2) is 0 Å². The quantitative estimate of drug-likeness (QED) is 0.0684. The number of fused-ring (bicyclic) bond motifs is 3. The van der Waals surface area contributed by atoms with E-state index in [1.165, 1.54) is 5.56 Å². The van der Waals surface area contributed by atoms with Crippen LogP contribution in [0, 0.1) is 17.8 Å². The Kier molecular flexibility index (Phi) is 13.8. The molecule has 12 heteroatoms. The highest BCUT2D eigenvalue weighted by Gasteiger charge is 2.59. The number of benzene rings is 4. The van der Waals surface area contributed by atoms with Crippen molar-refractivity contribution in [1.82, 2.24) is 14.8 Å². The summed E-state index contributed by atoms with van der Waals surface area (Å²) in [6.45, 7) is 9.48. The summed E-state index contributed by atoms with van der Waals surface area (Å²) in [4.78, 5) is 38.7. The minimum atomic E-state index is -3.03. The molecule has 2 N–H and O–H groups in total. The molecule has 2 amide bonds. The van der Waals surface area contributed by atoms with Gasteiger partial charge in [-0.15, -0.1) is 0 Å². The fourth-order valence-corrected chi connectivity index (χ4v) is 16.3. The molecule has 0 radical (unpaired) electrons. The van der Waals surface area contributed by atoms with Gasteiger partial charge in [-0.1, -0.05) is 134 Å². The van der Waals surface area contributed by atoms with E-state index in [2.05, 4.69) is 114 Å². The topological polar surface area (TPSA) is 112 Å². The van der Waals surface area contributed by atoms with Gasteiger partial charge in [0.1, 0.15) is 5.75 Å².